The van der Waals surface area contributed by atoms with Gasteiger partial charge in [0.15, 0.2) is 6.29 Å². The van der Waals surface area contributed by atoms with Crippen LogP contribution < -0.4 is 15.9 Å². The highest BCUT2D eigenvalue weighted by molar-refractivity contribution is 7.87. The minimum absolute atomic E-state index is 0.0741. The molecule has 5 rings (SSSR count). The summed E-state index contributed by atoms with van der Waals surface area (Å²) in [6.45, 7) is 2.63. The summed E-state index contributed by atoms with van der Waals surface area (Å²) in [5.74, 6) is 0. The lowest BCUT2D eigenvalue weighted by Gasteiger charge is -2.27. The van der Waals surface area contributed by atoms with Crippen LogP contribution in [0.25, 0.3) is 0 Å². The van der Waals surface area contributed by atoms with Crippen LogP contribution in [-0.2, 0) is 9.47 Å². The van der Waals surface area contributed by atoms with E-state index in [4.69, 9.17) is 14.2 Å². The fourth-order valence-electron chi connectivity index (χ4n) is 4.17. The van der Waals surface area contributed by atoms with Gasteiger partial charge in [0.25, 0.3) is 0 Å². The van der Waals surface area contributed by atoms with Crippen LogP contribution in [0.5, 0.6) is 0 Å². The van der Waals surface area contributed by atoms with Gasteiger partial charge >= 0.3 is 0 Å². The first-order chi connectivity index (χ1) is 15.8. The van der Waals surface area contributed by atoms with E-state index in [1.165, 1.54) is 15.9 Å². The molecule has 4 aromatic rings. The second-order valence-corrected chi connectivity index (χ2v) is 10.9. The van der Waals surface area contributed by atoms with Crippen LogP contribution in [0.4, 0.5) is 5.69 Å². The number of rotatable bonds is 5. The number of benzene rings is 4. The van der Waals surface area contributed by atoms with Crippen LogP contribution in [-0.4, -0.2) is 12.7 Å². The maximum absolute atomic E-state index is 6.05. The van der Waals surface area contributed by atoms with E-state index in [0.717, 1.165) is 11.3 Å². The van der Waals surface area contributed by atoms with Crippen molar-refractivity contribution in [3.63, 3.8) is 0 Å². The van der Waals surface area contributed by atoms with Gasteiger partial charge in [-0.2, -0.15) is 0 Å². The van der Waals surface area contributed by atoms with E-state index < -0.39 is 13.3 Å². The van der Waals surface area contributed by atoms with Crippen LogP contribution >= 0.6 is 7.05 Å². The summed E-state index contributed by atoms with van der Waals surface area (Å²) in [7, 11) is -2.34. The topological polar surface area (TPSA) is 30.8 Å². The molecule has 1 heterocycles. The van der Waals surface area contributed by atoms with E-state index in [9.17, 15) is 0 Å². The monoisotopic (exact) mass is 439 g/mol. The molecule has 1 aliphatic rings. The number of nitrogens with zero attached hydrogens (tertiary/aromatic N) is 1. The zero-order valence-electron chi connectivity index (χ0n) is 18.0. The quantitative estimate of drug-likeness (QED) is 0.361. The van der Waals surface area contributed by atoms with Crippen molar-refractivity contribution in [3.05, 3.63) is 121 Å². The second-order valence-electron chi connectivity index (χ2n) is 7.91. The molecule has 2 atom stereocenters. The first kappa shape index (κ1) is 20.9. The van der Waals surface area contributed by atoms with Crippen LogP contribution in [0.3, 0.4) is 0 Å². The number of hydrogen-bond donors (Lipinski definition) is 0. The van der Waals surface area contributed by atoms with Crippen molar-refractivity contribution in [2.75, 3.05) is 6.61 Å². The molecule has 1 fully saturated rings. The molecule has 0 spiro atoms. The van der Waals surface area contributed by atoms with Crippen LogP contribution in [0.2, 0.25) is 0 Å². The van der Waals surface area contributed by atoms with E-state index in [1.807, 2.05) is 19.1 Å². The van der Waals surface area contributed by atoms with Crippen LogP contribution in [0, 0.1) is 0 Å². The van der Waals surface area contributed by atoms with E-state index in [2.05, 4.69) is 103 Å². The van der Waals surface area contributed by atoms with Gasteiger partial charge in [-0.15, -0.1) is 0 Å². The Kier molecular flexibility index (Phi) is 6.05. The fourth-order valence-corrected chi connectivity index (χ4v) is 7.72. The van der Waals surface area contributed by atoms with Gasteiger partial charge in [0.05, 0.1) is 25.5 Å². The predicted molar refractivity (Wildman–Crippen MR) is 133 cm³/mol. The molecule has 4 heteroatoms. The lowest BCUT2D eigenvalue weighted by Crippen LogP contribution is -2.25. The summed E-state index contributed by atoms with van der Waals surface area (Å²) >= 11 is 0. The average molecular weight is 439 g/mol. The molecule has 0 N–H and O–H groups in total. The molecule has 0 unspecified atom stereocenters. The Hall–Kier alpha value is -2.97. The molecule has 3 nitrogen and oxygen atoms in total. The minimum Gasteiger partial charge on any atom is -0.346 e. The van der Waals surface area contributed by atoms with Crippen LogP contribution in [0.1, 0.15) is 18.8 Å². The van der Waals surface area contributed by atoms with E-state index in [1.54, 1.807) is 0 Å². The SMILES string of the molecule is C[C@@H]1CO[C@H](c2ccccc2N=P(c2ccccc2)(c2ccccc2)c2ccccc2)O1. The zero-order chi connectivity index (χ0) is 21.8. The summed E-state index contributed by atoms with van der Waals surface area (Å²) in [6, 6.07) is 40.2. The molecule has 4 aromatic carbocycles. The van der Waals surface area contributed by atoms with Crippen molar-refractivity contribution in [1.82, 2.24) is 0 Å². The van der Waals surface area contributed by atoms with Crippen molar-refractivity contribution in [2.24, 2.45) is 4.74 Å². The summed E-state index contributed by atoms with van der Waals surface area (Å²) in [5, 5.41) is 3.65. The lowest BCUT2D eigenvalue weighted by atomic mass is 10.2. The Morgan fingerprint density at radius 1 is 0.656 bits per heavy atom. The molecular formula is C28H26NO2P. The Labute approximate surface area is 189 Å². The summed E-state index contributed by atoms with van der Waals surface area (Å²) in [5.41, 5.74) is 1.89. The molecule has 160 valence electrons. The zero-order valence-corrected chi connectivity index (χ0v) is 18.9. The Morgan fingerprint density at radius 2 is 1.12 bits per heavy atom. The van der Waals surface area contributed by atoms with Gasteiger partial charge < -0.3 is 9.47 Å². The van der Waals surface area contributed by atoms with Gasteiger partial charge in [0.1, 0.15) is 0 Å². The van der Waals surface area contributed by atoms with Gasteiger partial charge in [-0.25, -0.2) is 0 Å². The molecular weight excluding hydrogens is 413 g/mol. The Bertz CT molecular complexity index is 1120. The summed E-state index contributed by atoms with van der Waals surface area (Å²) in [6.07, 6.45) is -0.320. The first-order valence-corrected chi connectivity index (χ1v) is 12.7. The summed E-state index contributed by atoms with van der Waals surface area (Å²) < 4.78 is 17.6. The third-order valence-electron chi connectivity index (χ3n) is 5.68. The van der Waals surface area contributed by atoms with Gasteiger partial charge in [0, 0.05) is 21.5 Å². The minimum atomic E-state index is -2.34. The number of hydrogen-bond acceptors (Lipinski definition) is 3. The maximum Gasteiger partial charge on any atom is 0.186 e. The summed E-state index contributed by atoms with van der Waals surface area (Å²) in [4.78, 5) is 0. The van der Waals surface area contributed by atoms with Crippen molar-refractivity contribution in [2.45, 2.75) is 19.3 Å². The lowest BCUT2D eigenvalue weighted by molar-refractivity contribution is -0.0567. The van der Waals surface area contributed by atoms with Crippen molar-refractivity contribution in [3.8, 4) is 0 Å². The van der Waals surface area contributed by atoms with Crippen molar-refractivity contribution < 1.29 is 9.47 Å². The maximum atomic E-state index is 6.05. The van der Waals surface area contributed by atoms with E-state index in [-0.39, 0.29) is 6.10 Å². The number of ether oxygens (including phenoxy) is 2. The normalized spacial score (nSPS) is 18.4. The molecule has 0 aliphatic carbocycles. The van der Waals surface area contributed by atoms with Crippen molar-refractivity contribution in [1.29, 1.82) is 0 Å². The molecule has 0 radical (unpaired) electrons. The highest BCUT2D eigenvalue weighted by atomic mass is 31.2. The Balaban J connectivity index is 1.83. The molecule has 1 aliphatic heterocycles. The third kappa shape index (κ3) is 3.96. The molecule has 0 saturated carbocycles. The van der Waals surface area contributed by atoms with Gasteiger partial charge in [-0.1, -0.05) is 109 Å². The predicted octanol–water partition coefficient (Wildman–Crippen LogP) is 5.93. The first-order valence-electron chi connectivity index (χ1n) is 10.9. The standard InChI is InChI=1S/C28H26NO2P/c1-22-21-30-28(31-22)26-19-11-12-20-27(26)29-32(23-13-5-2-6-14-23,24-15-7-3-8-16-24)25-17-9-4-10-18-25/h2-20,22,28H,21H2,1H3/t22-,28+/m1/s1. The smallest absolute Gasteiger partial charge is 0.186 e. The molecule has 1 saturated heterocycles. The third-order valence-corrected chi connectivity index (χ3v) is 9.33. The largest absolute Gasteiger partial charge is 0.346 e. The van der Waals surface area contributed by atoms with Crippen molar-refractivity contribution >= 4 is 28.7 Å². The van der Waals surface area contributed by atoms with Gasteiger partial charge in [-0.3, -0.25) is 4.74 Å². The highest BCUT2D eigenvalue weighted by Gasteiger charge is 2.30. The van der Waals surface area contributed by atoms with E-state index in [0.29, 0.717) is 6.61 Å². The fraction of sp³-hybridized carbons (Fsp3) is 0.143. The van der Waals surface area contributed by atoms with Crippen LogP contribution in [0.15, 0.2) is 120 Å². The van der Waals surface area contributed by atoms with Gasteiger partial charge in [-0.05, 0) is 13.0 Å². The molecule has 0 aromatic heterocycles. The second kappa shape index (κ2) is 9.26. The molecule has 0 bridgehead atoms. The molecule has 0 amide bonds. The molecule has 32 heavy (non-hydrogen) atoms. The Morgan fingerprint density at radius 3 is 1.59 bits per heavy atom. The average Bonchev–Trinajstić information content (AvgIpc) is 3.30. The highest BCUT2D eigenvalue weighted by Crippen LogP contribution is 2.50. The van der Waals surface area contributed by atoms with Gasteiger partial charge in [0.2, 0.25) is 0 Å². The van der Waals surface area contributed by atoms with E-state index >= 15 is 0 Å².